The largest absolute Gasteiger partial charge is 0.348 e. The van der Waals surface area contributed by atoms with Crippen LogP contribution >= 0.6 is 11.5 Å². The van der Waals surface area contributed by atoms with E-state index >= 15 is 0 Å². The Bertz CT molecular complexity index is 1250. The first-order valence-corrected chi connectivity index (χ1v) is 9.57. The Morgan fingerprint density at radius 3 is 2.10 bits per heavy atom. The van der Waals surface area contributed by atoms with Crippen molar-refractivity contribution in [1.29, 1.82) is 0 Å². The molecule has 1 N–H and O–H groups in total. The Morgan fingerprint density at radius 1 is 0.900 bits per heavy atom. The smallest absolute Gasteiger partial charge is 0.335 e. The fourth-order valence-electron chi connectivity index (χ4n) is 2.77. The summed E-state index contributed by atoms with van der Waals surface area (Å²) >= 11 is 1.04. The lowest BCUT2D eigenvalue weighted by Gasteiger charge is -2.09. The molecule has 150 valence electrons. The summed E-state index contributed by atoms with van der Waals surface area (Å²) in [4.78, 5) is 15.9. The molecule has 1 heterocycles. The highest BCUT2D eigenvalue weighted by molar-refractivity contribution is 7.05. The van der Waals surface area contributed by atoms with E-state index < -0.39 is 16.6 Å². The second-order valence-corrected chi connectivity index (χ2v) is 7.14. The minimum absolute atomic E-state index is 0.137. The van der Waals surface area contributed by atoms with Crippen molar-refractivity contribution in [2.24, 2.45) is 4.99 Å². The highest BCUT2D eigenvalue weighted by Gasteiger charge is 2.26. The lowest BCUT2D eigenvalue weighted by Crippen LogP contribution is -2.05. The van der Waals surface area contributed by atoms with Gasteiger partial charge in [0, 0.05) is 5.69 Å². The quantitative estimate of drug-likeness (QED) is 0.330. The molecule has 0 amide bonds. The summed E-state index contributed by atoms with van der Waals surface area (Å²) in [6, 6.07) is 19.9. The number of rotatable bonds is 5. The number of aromatic nitrogens is 1. The molecule has 4 rings (SSSR count). The minimum atomic E-state index is -0.524. The highest BCUT2D eigenvalue weighted by Crippen LogP contribution is 2.31. The molecule has 6 nitrogen and oxygen atoms in total. The molecule has 3 aromatic carbocycles. The second-order valence-electron chi connectivity index (χ2n) is 6.20. The van der Waals surface area contributed by atoms with Gasteiger partial charge in [-0.05, 0) is 72.2 Å². The predicted molar refractivity (Wildman–Crippen MR) is 112 cm³/mol. The van der Waals surface area contributed by atoms with Crippen molar-refractivity contribution in [3.8, 4) is 5.69 Å². The maximum Gasteiger partial charge on any atom is 0.348 e. The molecule has 0 saturated heterocycles. The summed E-state index contributed by atoms with van der Waals surface area (Å²) < 4.78 is 28.4. The van der Waals surface area contributed by atoms with Gasteiger partial charge in [0.15, 0.2) is 0 Å². The van der Waals surface area contributed by atoms with Crippen LogP contribution in [0.25, 0.3) is 5.69 Å². The molecule has 0 aliphatic heterocycles. The topological polar surface area (TPSA) is 72.5 Å². The predicted octanol–water partition coefficient (Wildman–Crippen LogP) is 5.70. The van der Waals surface area contributed by atoms with E-state index in [0.717, 1.165) is 11.5 Å². The average Bonchev–Trinajstić information content (AvgIpc) is 3.09. The van der Waals surface area contributed by atoms with Crippen molar-refractivity contribution >= 4 is 34.4 Å². The molecule has 0 atom stereocenters. The van der Waals surface area contributed by atoms with Crippen LogP contribution in [0.2, 0.25) is 0 Å². The van der Waals surface area contributed by atoms with Crippen LogP contribution in [0.1, 0.15) is 0 Å². The van der Waals surface area contributed by atoms with Crippen LogP contribution in [-0.2, 0) is 0 Å². The normalized spacial score (nSPS) is 11.5. The molecular formula is C21H14F2N4O2S. The maximum atomic E-state index is 13.4. The number of hydrogen-bond acceptors (Lipinski definition) is 5. The molecule has 0 bridgehead atoms. The standard InChI is InChI=1S/C21H14F2N4O2S/c22-14-6-10-17(11-7-14)24-20-19(27(28)29)21(25-16-4-2-1-3-5-16)30-26(20)18-12-8-15(23)9-13-18/h1-13,24H. The molecule has 9 heteroatoms. The molecule has 1 aromatic heterocycles. The van der Waals surface area contributed by atoms with Gasteiger partial charge in [-0.3, -0.25) is 10.1 Å². The van der Waals surface area contributed by atoms with Crippen LogP contribution in [0.3, 0.4) is 0 Å². The zero-order valence-corrected chi connectivity index (χ0v) is 16.1. The molecule has 0 saturated carbocycles. The van der Waals surface area contributed by atoms with Crippen molar-refractivity contribution in [3.63, 3.8) is 0 Å². The van der Waals surface area contributed by atoms with Crippen molar-refractivity contribution in [2.45, 2.75) is 0 Å². The van der Waals surface area contributed by atoms with E-state index in [0.29, 0.717) is 17.1 Å². The van der Waals surface area contributed by atoms with Crippen LogP contribution in [-0.4, -0.2) is 8.88 Å². The Morgan fingerprint density at radius 2 is 1.50 bits per heavy atom. The number of para-hydroxylation sites is 1. The summed E-state index contributed by atoms with van der Waals surface area (Å²) in [6.07, 6.45) is 0. The monoisotopic (exact) mass is 424 g/mol. The third-order valence-corrected chi connectivity index (χ3v) is 5.18. The Balaban J connectivity index is 1.94. The van der Waals surface area contributed by atoms with Gasteiger partial charge in [-0.1, -0.05) is 18.2 Å². The fraction of sp³-hybridized carbons (Fsp3) is 0. The molecule has 4 aromatic rings. The van der Waals surface area contributed by atoms with Gasteiger partial charge >= 0.3 is 5.69 Å². The van der Waals surface area contributed by atoms with E-state index in [9.17, 15) is 18.9 Å². The molecule has 0 aliphatic carbocycles. The fourth-order valence-corrected chi connectivity index (χ4v) is 3.80. The zero-order chi connectivity index (χ0) is 21.1. The lowest BCUT2D eigenvalue weighted by atomic mass is 10.3. The average molecular weight is 424 g/mol. The van der Waals surface area contributed by atoms with Crippen LogP contribution in [0, 0.1) is 21.7 Å². The van der Waals surface area contributed by atoms with E-state index in [1.165, 1.54) is 48.5 Å². The summed E-state index contributed by atoms with van der Waals surface area (Å²) in [5.41, 5.74) is 1.29. The summed E-state index contributed by atoms with van der Waals surface area (Å²) in [5, 5.41) is 14.9. The molecule has 0 aliphatic rings. The number of hydrogen-bond donors (Lipinski definition) is 1. The van der Waals surface area contributed by atoms with Crippen LogP contribution in [0.4, 0.5) is 31.7 Å². The number of benzene rings is 3. The summed E-state index contributed by atoms with van der Waals surface area (Å²) in [5.74, 6) is -0.711. The Labute approximate surface area is 173 Å². The zero-order valence-electron chi connectivity index (χ0n) is 15.3. The number of anilines is 2. The molecule has 0 fully saturated rings. The molecule has 30 heavy (non-hydrogen) atoms. The number of nitrogens with zero attached hydrogens (tertiary/aromatic N) is 3. The van der Waals surface area contributed by atoms with Crippen LogP contribution < -0.4 is 9.99 Å². The molecular weight excluding hydrogens is 410 g/mol. The molecule has 0 radical (unpaired) electrons. The van der Waals surface area contributed by atoms with E-state index in [1.54, 1.807) is 28.2 Å². The number of halogens is 2. The molecule has 0 spiro atoms. The summed E-state index contributed by atoms with van der Waals surface area (Å²) in [7, 11) is 0. The SMILES string of the molecule is O=[N+]([O-])c1c(Nc2ccc(F)cc2)n(-c2ccc(F)cc2)sc1=Nc1ccccc1. The van der Waals surface area contributed by atoms with Crippen LogP contribution in [0.15, 0.2) is 83.9 Å². The van der Waals surface area contributed by atoms with Gasteiger partial charge in [-0.2, -0.15) is 0 Å². The number of nitro groups is 1. The van der Waals surface area contributed by atoms with Gasteiger partial charge < -0.3 is 5.32 Å². The maximum absolute atomic E-state index is 13.4. The van der Waals surface area contributed by atoms with Gasteiger partial charge in [0.05, 0.1) is 16.3 Å². The van der Waals surface area contributed by atoms with Gasteiger partial charge in [0.2, 0.25) is 10.5 Å². The minimum Gasteiger partial charge on any atom is -0.335 e. The third kappa shape index (κ3) is 4.11. The van der Waals surface area contributed by atoms with Crippen molar-refractivity contribution in [2.75, 3.05) is 5.32 Å². The van der Waals surface area contributed by atoms with E-state index in [1.807, 2.05) is 6.07 Å². The first kappa shape index (κ1) is 19.5. The second kappa shape index (κ2) is 8.26. The lowest BCUT2D eigenvalue weighted by molar-refractivity contribution is -0.384. The van der Waals surface area contributed by atoms with Crippen molar-refractivity contribution in [1.82, 2.24) is 3.96 Å². The summed E-state index contributed by atoms with van der Waals surface area (Å²) in [6.45, 7) is 0. The Kier molecular flexibility index (Phi) is 5.36. The highest BCUT2D eigenvalue weighted by atomic mass is 32.1. The van der Waals surface area contributed by atoms with Gasteiger partial charge in [-0.15, -0.1) is 0 Å². The van der Waals surface area contributed by atoms with Gasteiger partial charge in [0.25, 0.3) is 0 Å². The number of nitrogens with one attached hydrogen (secondary N) is 1. The van der Waals surface area contributed by atoms with E-state index in [4.69, 9.17) is 0 Å². The van der Waals surface area contributed by atoms with Gasteiger partial charge in [0.1, 0.15) is 11.6 Å². The van der Waals surface area contributed by atoms with Crippen LogP contribution in [0.5, 0.6) is 0 Å². The van der Waals surface area contributed by atoms with E-state index in [2.05, 4.69) is 10.3 Å². The first-order chi connectivity index (χ1) is 14.5. The van der Waals surface area contributed by atoms with Crippen molar-refractivity contribution < 1.29 is 13.7 Å². The van der Waals surface area contributed by atoms with E-state index in [-0.39, 0.29) is 16.2 Å². The first-order valence-electron chi connectivity index (χ1n) is 8.80. The molecule has 0 unspecified atom stereocenters. The Hall–Kier alpha value is -3.85. The van der Waals surface area contributed by atoms with Crippen molar-refractivity contribution in [3.05, 3.63) is 105 Å². The van der Waals surface area contributed by atoms with Gasteiger partial charge in [-0.25, -0.2) is 17.7 Å². The third-order valence-electron chi connectivity index (χ3n) is 4.15.